The molecule has 0 bridgehead atoms. The highest BCUT2D eigenvalue weighted by Gasteiger charge is 2.31. The first kappa shape index (κ1) is 21.8. The van der Waals surface area contributed by atoms with Crippen molar-refractivity contribution in [1.29, 1.82) is 0 Å². The van der Waals surface area contributed by atoms with Crippen LogP contribution in [0.3, 0.4) is 0 Å². The van der Waals surface area contributed by atoms with Gasteiger partial charge in [-0.2, -0.15) is 5.10 Å². The van der Waals surface area contributed by atoms with Crippen LogP contribution in [-0.4, -0.2) is 46.8 Å². The average molecular weight is 417 g/mol. The summed E-state index contributed by atoms with van der Waals surface area (Å²) in [6.45, 7) is 10.2. The third kappa shape index (κ3) is 4.36. The molecule has 1 N–H and O–H groups in total. The van der Waals surface area contributed by atoms with Gasteiger partial charge in [0.15, 0.2) is 5.69 Å². The molecule has 0 radical (unpaired) electrons. The number of piperidine rings is 1. The van der Waals surface area contributed by atoms with Crippen molar-refractivity contribution in [1.82, 2.24) is 20.0 Å². The van der Waals surface area contributed by atoms with E-state index in [1.165, 1.54) is 22.4 Å². The molecule has 5 nitrogen and oxygen atoms in total. The molecule has 1 aliphatic heterocycles. The quantitative estimate of drug-likeness (QED) is 0.805. The molecule has 2 heterocycles. The third-order valence-corrected chi connectivity index (χ3v) is 6.30. The van der Waals surface area contributed by atoms with Gasteiger partial charge in [0.1, 0.15) is 0 Å². The number of nitrogens with zero attached hydrogens (tertiary/aromatic N) is 3. The van der Waals surface area contributed by atoms with Crippen LogP contribution in [0.15, 0.2) is 18.2 Å². The van der Waals surface area contributed by atoms with Crippen molar-refractivity contribution in [3.8, 4) is 5.69 Å². The molecule has 0 spiro atoms. The van der Waals surface area contributed by atoms with Gasteiger partial charge in [-0.25, -0.2) is 4.68 Å². The third-order valence-electron chi connectivity index (χ3n) is 6.30. The van der Waals surface area contributed by atoms with Crippen molar-refractivity contribution >= 4 is 18.3 Å². The zero-order valence-corrected chi connectivity index (χ0v) is 18.6. The summed E-state index contributed by atoms with van der Waals surface area (Å²) in [5.41, 5.74) is 6.67. The Bertz CT molecular complexity index is 868. The van der Waals surface area contributed by atoms with Gasteiger partial charge in [0.25, 0.3) is 5.91 Å². The van der Waals surface area contributed by atoms with Gasteiger partial charge in [-0.3, -0.25) is 4.79 Å². The highest BCUT2D eigenvalue weighted by Crippen LogP contribution is 2.30. The molecule has 1 aromatic carbocycles. The molecule has 4 rings (SSSR count). The summed E-state index contributed by atoms with van der Waals surface area (Å²) in [5.74, 6) is 0.811. The van der Waals surface area contributed by atoms with Crippen molar-refractivity contribution in [2.45, 2.75) is 52.9 Å². The Labute approximate surface area is 180 Å². The fraction of sp³-hybridized carbons (Fsp3) is 0.565. The fourth-order valence-corrected chi connectivity index (χ4v) is 4.69. The van der Waals surface area contributed by atoms with Crippen LogP contribution in [0.4, 0.5) is 0 Å². The summed E-state index contributed by atoms with van der Waals surface area (Å²) in [6.07, 6.45) is 5.26. The van der Waals surface area contributed by atoms with E-state index in [4.69, 9.17) is 5.10 Å². The largest absolute Gasteiger partial charge is 0.337 e. The van der Waals surface area contributed by atoms with Crippen molar-refractivity contribution in [2.24, 2.45) is 5.92 Å². The van der Waals surface area contributed by atoms with Gasteiger partial charge < -0.3 is 10.2 Å². The van der Waals surface area contributed by atoms with Gasteiger partial charge >= 0.3 is 0 Å². The Morgan fingerprint density at radius 1 is 1.21 bits per heavy atom. The molecule has 0 unspecified atom stereocenters. The number of amides is 1. The van der Waals surface area contributed by atoms with Crippen LogP contribution in [0.2, 0.25) is 0 Å². The topological polar surface area (TPSA) is 50.2 Å². The van der Waals surface area contributed by atoms with E-state index in [2.05, 4.69) is 44.3 Å². The number of likely N-dealkylation sites (tertiary alicyclic amines) is 1. The van der Waals surface area contributed by atoms with Gasteiger partial charge in [-0.1, -0.05) is 24.6 Å². The lowest BCUT2D eigenvalue weighted by Crippen LogP contribution is -2.41. The summed E-state index contributed by atoms with van der Waals surface area (Å²) in [6, 6.07) is 6.45. The second kappa shape index (κ2) is 9.31. The molecule has 158 valence electrons. The first-order valence-electron chi connectivity index (χ1n) is 10.8. The molecule has 2 aliphatic rings. The first-order chi connectivity index (χ1) is 13.6. The molecular formula is C23H33ClN4O. The first-order valence-corrected chi connectivity index (χ1v) is 10.8. The normalized spacial score (nSPS) is 16.6. The molecule has 1 aromatic heterocycles. The number of aryl methyl sites for hydroxylation is 2. The molecule has 1 aliphatic carbocycles. The number of rotatable bonds is 5. The zero-order chi connectivity index (χ0) is 19.7. The van der Waals surface area contributed by atoms with Gasteiger partial charge in [0, 0.05) is 24.3 Å². The minimum Gasteiger partial charge on any atom is -0.337 e. The number of carbonyl (C=O) groups excluding carboxylic acids is 1. The second-order valence-corrected chi connectivity index (χ2v) is 8.37. The number of fused-ring (bicyclic) bond motifs is 1. The highest BCUT2D eigenvalue weighted by atomic mass is 35.5. The Morgan fingerprint density at radius 2 is 1.97 bits per heavy atom. The summed E-state index contributed by atoms with van der Waals surface area (Å²) in [7, 11) is 0. The van der Waals surface area contributed by atoms with Gasteiger partial charge in [0.05, 0.1) is 5.69 Å². The standard InChI is InChI=1S/C23H32N4O.ClH/c1-4-24-15-18-10-12-26(13-11-18)23(28)22-19-6-5-7-21(19)27(25-22)20-9-8-16(2)14-17(20)3;/h8-9,14,18,24H,4-7,10-13,15H2,1-3H3;1H. The van der Waals surface area contributed by atoms with Crippen molar-refractivity contribution in [2.75, 3.05) is 26.2 Å². The van der Waals surface area contributed by atoms with Crippen LogP contribution in [-0.2, 0) is 12.8 Å². The zero-order valence-electron chi connectivity index (χ0n) is 17.8. The van der Waals surface area contributed by atoms with E-state index < -0.39 is 0 Å². The van der Waals surface area contributed by atoms with Crippen LogP contribution in [0.1, 0.15) is 59.1 Å². The lowest BCUT2D eigenvalue weighted by atomic mass is 9.96. The fourth-order valence-electron chi connectivity index (χ4n) is 4.69. The summed E-state index contributed by atoms with van der Waals surface area (Å²) in [5, 5.41) is 8.29. The van der Waals surface area contributed by atoms with E-state index >= 15 is 0 Å². The molecule has 29 heavy (non-hydrogen) atoms. The summed E-state index contributed by atoms with van der Waals surface area (Å²) < 4.78 is 2.04. The van der Waals surface area contributed by atoms with E-state index in [1.54, 1.807) is 0 Å². The molecular weight excluding hydrogens is 384 g/mol. The molecule has 2 aromatic rings. The molecule has 0 atom stereocenters. The van der Waals surface area contributed by atoms with E-state index in [0.717, 1.165) is 64.0 Å². The van der Waals surface area contributed by atoms with Crippen LogP contribution in [0, 0.1) is 19.8 Å². The SMILES string of the molecule is CCNCC1CCN(C(=O)c2nn(-c3ccc(C)cc3C)c3c2CCC3)CC1.Cl. The number of carbonyl (C=O) groups is 1. The van der Waals surface area contributed by atoms with Gasteiger partial charge in [-0.15, -0.1) is 12.4 Å². The van der Waals surface area contributed by atoms with Crippen LogP contribution in [0.5, 0.6) is 0 Å². The maximum absolute atomic E-state index is 13.3. The molecule has 6 heteroatoms. The Hall–Kier alpha value is -1.85. The Kier molecular flexibility index (Phi) is 7.01. The Morgan fingerprint density at radius 3 is 2.66 bits per heavy atom. The number of benzene rings is 1. The predicted molar refractivity (Wildman–Crippen MR) is 119 cm³/mol. The number of aromatic nitrogens is 2. The smallest absolute Gasteiger partial charge is 0.274 e. The number of nitrogens with one attached hydrogen (secondary N) is 1. The summed E-state index contributed by atoms with van der Waals surface area (Å²) in [4.78, 5) is 15.3. The average Bonchev–Trinajstić information content (AvgIpc) is 3.29. The molecule has 1 fully saturated rings. The Balaban J connectivity index is 0.00000240. The lowest BCUT2D eigenvalue weighted by molar-refractivity contribution is 0.0682. The van der Waals surface area contributed by atoms with Crippen molar-refractivity contribution < 1.29 is 4.79 Å². The van der Waals surface area contributed by atoms with Gasteiger partial charge in [-0.05, 0) is 76.6 Å². The summed E-state index contributed by atoms with van der Waals surface area (Å²) >= 11 is 0. The van der Waals surface area contributed by atoms with Crippen LogP contribution >= 0.6 is 12.4 Å². The monoisotopic (exact) mass is 416 g/mol. The van der Waals surface area contributed by atoms with Crippen molar-refractivity contribution in [3.05, 3.63) is 46.3 Å². The maximum atomic E-state index is 13.3. The minimum absolute atomic E-state index is 0. The van der Waals surface area contributed by atoms with Crippen LogP contribution in [0.25, 0.3) is 5.69 Å². The predicted octanol–water partition coefficient (Wildman–Crippen LogP) is 3.86. The highest BCUT2D eigenvalue weighted by molar-refractivity contribution is 5.94. The minimum atomic E-state index is 0. The van der Waals surface area contributed by atoms with E-state index in [9.17, 15) is 4.79 Å². The van der Waals surface area contributed by atoms with E-state index in [1.807, 2.05) is 9.58 Å². The van der Waals surface area contributed by atoms with Gasteiger partial charge in [0.2, 0.25) is 0 Å². The maximum Gasteiger partial charge on any atom is 0.274 e. The second-order valence-electron chi connectivity index (χ2n) is 8.37. The van der Waals surface area contributed by atoms with E-state index in [0.29, 0.717) is 11.6 Å². The number of hydrogen-bond donors (Lipinski definition) is 1. The molecule has 1 amide bonds. The molecule has 0 saturated carbocycles. The van der Waals surface area contributed by atoms with Crippen LogP contribution < -0.4 is 5.32 Å². The van der Waals surface area contributed by atoms with Crippen molar-refractivity contribution in [3.63, 3.8) is 0 Å². The number of hydrogen-bond acceptors (Lipinski definition) is 3. The molecule has 1 saturated heterocycles. The number of halogens is 1. The van der Waals surface area contributed by atoms with E-state index in [-0.39, 0.29) is 18.3 Å². The lowest BCUT2D eigenvalue weighted by Gasteiger charge is -2.31.